The summed E-state index contributed by atoms with van der Waals surface area (Å²) in [7, 11) is 1.24. The number of methoxy groups -OCH3 is 1. The quantitative estimate of drug-likeness (QED) is 0.828. The molecule has 0 saturated carbocycles. The second-order valence-corrected chi connectivity index (χ2v) is 3.73. The third-order valence-electron chi connectivity index (χ3n) is 2.58. The third-order valence-corrected chi connectivity index (χ3v) is 2.58. The van der Waals surface area contributed by atoms with E-state index in [1.165, 1.54) is 31.4 Å². The Morgan fingerprint density at radius 2 is 1.72 bits per heavy atom. The van der Waals surface area contributed by atoms with Crippen molar-refractivity contribution >= 4 is 5.97 Å². The molecule has 0 fully saturated rings. The summed E-state index contributed by atoms with van der Waals surface area (Å²) in [5, 5.41) is 9.57. The summed E-state index contributed by atoms with van der Waals surface area (Å²) in [6, 6.07) is 10.4. The molecule has 18 heavy (non-hydrogen) atoms. The molecule has 4 heteroatoms. The molecule has 0 aliphatic carbocycles. The largest absolute Gasteiger partial charge is 0.507 e. The van der Waals surface area contributed by atoms with Crippen LogP contribution in [0.2, 0.25) is 0 Å². The van der Waals surface area contributed by atoms with E-state index >= 15 is 0 Å². The molecule has 2 aromatic rings. The molecular weight excluding hydrogens is 235 g/mol. The highest BCUT2D eigenvalue weighted by atomic mass is 19.1. The van der Waals surface area contributed by atoms with Gasteiger partial charge in [0.25, 0.3) is 0 Å². The van der Waals surface area contributed by atoms with Crippen LogP contribution >= 0.6 is 0 Å². The lowest BCUT2D eigenvalue weighted by Crippen LogP contribution is -2.01. The first-order valence-corrected chi connectivity index (χ1v) is 5.29. The van der Waals surface area contributed by atoms with Gasteiger partial charge in [0.15, 0.2) is 0 Å². The van der Waals surface area contributed by atoms with Crippen LogP contribution in [0.5, 0.6) is 5.75 Å². The number of ether oxygens (including phenoxy) is 1. The zero-order valence-corrected chi connectivity index (χ0v) is 9.68. The van der Waals surface area contributed by atoms with Crippen molar-refractivity contribution in [2.45, 2.75) is 0 Å². The topological polar surface area (TPSA) is 46.5 Å². The zero-order valence-electron chi connectivity index (χ0n) is 9.68. The number of hydrogen-bond acceptors (Lipinski definition) is 3. The first-order chi connectivity index (χ1) is 8.61. The van der Waals surface area contributed by atoms with Crippen LogP contribution in [0.4, 0.5) is 4.39 Å². The second-order valence-electron chi connectivity index (χ2n) is 3.73. The van der Waals surface area contributed by atoms with E-state index in [1.807, 2.05) is 0 Å². The molecule has 0 saturated heterocycles. The highest BCUT2D eigenvalue weighted by Gasteiger charge is 2.12. The maximum absolute atomic E-state index is 12.8. The number of hydrogen-bond donors (Lipinski definition) is 1. The second kappa shape index (κ2) is 4.87. The number of phenols is 1. The highest BCUT2D eigenvalue weighted by Crippen LogP contribution is 2.26. The summed E-state index contributed by atoms with van der Waals surface area (Å²) in [5.74, 6) is -1.09. The van der Waals surface area contributed by atoms with Crippen molar-refractivity contribution in [3.8, 4) is 16.9 Å². The van der Waals surface area contributed by atoms with Crippen LogP contribution in [0.3, 0.4) is 0 Å². The maximum atomic E-state index is 12.8. The number of carbonyl (C=O) groups is 1. The summed E-state index contributed by atoms with van der Waals surface area (Å²) < 4.78 is 17.4. The maximum Gasteiger partial charge on any atom is 0.341 e. The van der Waals surface area contributed by atoms with Gasteiger partial charge in [-0.25, -0.2) is 9.18 Å². The molecule has 0 heterocycles. The fourth-order valence-electron chi connectivity index (χ4n) is 1.63. The molecule has 0 aliphatic rings. The van der Waals surface area contributed by atoms with Crippen LogP contribution < -0.4 is 0 Å². The molecule has 0 bridgehead atoms. The molecule has 0 spiro atoms. The van der Waals surface area contributed by atoms with Gasteiger partial charge in [0.2, 0.25) is 0 Å². The third kappa shape index (κ3) is 2.32. The molecule has 0 amide bonds. The molecule has 0 atom stereocenters. The lowest BCUT2D eigenvalue weighted by atomic mass is 10.0. The van der Waals surface area contributed by atoms with Crippen LogP contribution in [0, 0.1) is 5.82 Å². The molecule has 1 N–H and O–H groups in total. The molecule has 92 valence electrons. The zero-order chi connectivity index (χ0) is 13.1. The number of aromatic hydroxyl groups is 1. The summed E-state index contributed by atoms with van der Waals surface area (Å²) in [5.41, 5.74) is 1.54. The minimum Gasteiger partial charge on any atom is -0.507 e. The Balaban J connectivity index is 2.46. The van der Waals surface area contributed by atoms with Crippen molar-refractivity contribution in [1.29, 1.82) is 0 Å². The van der Waals surface area contributed by atoms with Gasteiger partial charge in [-0.1, -0.05) is 18.2 Å². The van der Waals surface area contributed by atoms with Gasteiger partial charge in [-0.15, -0.1) is 0 Å². The number of phenolic OH excluding ortho intramolecular Hbond substituents is 1. The van der Waals surface area contributed by atoms with Crippen molar-refractivity contribution in [1.82, 2.24) is 0 Å². The predicted molar refractivity (Wildman–Crippen MR) is 64.8 cm³/mol. The Morgan fingerprint density at radius 3 is 2.33 bits per heavy atom. The van der Waals surface area contributed by atoms with E-state index in [0.717, 1.165) is 5.56 Å². The Morgan fingerprint density at radius 1 is 1.11 bits per heavy atom. The normalized spacial score (nSPS) is 10.1. The van der Waals surface area contributed by atoms with E-state index in [0.29, 0.717) is 5.56 Å². The van der Waals surface area contributed by atoms with Crippen molar-refractivity contribution in [2.75, 3.05) is 7.11 Å². The number of benzene rings is 2. The Hall–Kier alpha value is -2.36. The lowest BCUT2D eigenvalue weighted by Gasteiger charge is -2.06. The number of carbonyl (C=O) groups excluding carboxylic acids is 1. The molecule has 0 unspecified atom stereocenters. The van der Waals surface area contributed by atoms with Crippen molar-refractivity contribution in [3.63, 3.8) is 0 Å². The molecule has 0 aromatic heterocycles. The Kier molecular flexibility index (Phi) is 3.28. The first-order valence-electron chi connectivity index (χ1n) is 5.29. The predicted octanol–water partition coefficient (Wildman–Crippen LogP) is 2.98. The smallest absolute Gasteiger partial charge is 0.341 e. The van der Waals surface area contributed by atoms with Gasteiger partial charge in [0, 0.05) is 0 Å². The average molecular weight is 246 g/mol. The van der Waals surface area contributed by atoms with E-state index in [2.05, 4.69) is 4.74 Å². The molecule has 2 aromatic carbocycles. The van der Waals surface area contributed by atoms with Crippen molar-refractivity contribution < 1.29 is 19.0 Å². The van der Waals surface area contributed by atoms with Crippen molar-refractivity contribution in [3.05, 3.63) is 53.8 Å². The number of esters is 1. The monoisotopic (exact) mass is 246 g/mol. The summed E-state index contributed by atoms with van der Waals surface area (Å²) in [6.07, 6.45) is 0. The Labute approximate surface area is 103 Å². The van der Waals surface area contributed by atoms with Crippen LogP contribution in [0.15, 0.2) is 42.5 Å². The van der Waals surface area contributed by atoms with Gasteiger partial charge in [0.1, 0.15) is 17.1 Å². The standard InChI is InChI=1S/C14H11FO3/c1-18-14(17)12-8-10(4-7-13(12)16)9-2-5-11(15)6-3-9/h2-8,16H,1H3. The fourth-order valence-corrected chi connectivity index (χ4v) is 1.63. The van der Waals surface area contributed by atoms with E-state index in [-0.39, 0.29) is 17.1 Å². The van der Waals surface area contributed by atoms with Crippen LogP contribution in [0.25, 0.3) is 11.1 Å². The Bertz CT molecular complexity index is 576. The van der Waals surface area contributed by atoms with E-state index in [4.69, 9.17) is 0 Å². The number of rotatable bonds is 2. The van der Waals surface area contributed by atoms with E-state index < -0.39 is 5.97 Å². The van der Waals surface area contributed by atoms with Gasteiger partial charge in [-0.2, -0.15) is 0 Å². The van der Waals surface area contributed by atoms with Gasteiger partial charge in [-0.05, 0) is 35.4 Å². The molecule has 3 nitrogen and oxygen atoms in total. The van der Waals surface area contributed by atoms with Crippen LogP contribution in [0.1, 0.15) is 10.4 Å². The van der Waals surface area contributed by atoms with Gasteiger partial charge < -0.3 is 9.84 Å². The average Bonchev–Trinajstić information content (AvgIpc) is 2.39. The van der Waals surface area contributed by atoms with Crippen molar-refractivity contribution in [2.24, 2.45) is 0 Å². The van der Waals surface area contributed by atoms with Gasteiger partial charge in [-0.3, -0.25) is 0 Å². The van der Waals surface area contributed by atoms with Gasteiger partial charge in [0.05, 0.1) is 7.11 Å². The van der Waals surface area contributed by atoms with Gasteiger partial charge >= 0.3 is 5.97 Å². The summed E-state index contributed by atoms with van der Waals surface area (Å²) >= 11 is 0. The highest BCUT2D eigenvalue weighted by molar-refractivity contribution is 5.93. The summed E-state index contributed by atoms with van der Waals surface area (Å²) in [4.78, 5) is 11.4. The number of halogens is 1. The minimum absolute atomic E-state index is 0.0827. The van der Waals surface area contributed by atoms with Crippen LogP contribution in [-0.4, -0.2) is 18.2 Å². The van der Waals surface area contributed by atoms with Crippen LogP contribution in [-0.2, 0) is 4.74 Å². The molecule has 0 radical (unpaired) electrons. The molecular formula is C14H11FO3. The minimum atomic E-state index is -0.614. The van der Waals surface area contributed by atoms with E-state index in [9.17, 15) is 14.3 Å². The van der Waals surface area contributed by atoms with E-state index in [1.54, 1.807) is 18.2 Å². The fraction of sp³-hybridized carbons (Fsp3) is 0.0714. The molecule has 0 aliphatic heterocycles. The lowest BCUT2D eigenvalue weighted by molar-refractivity contribution is 0.0597. The SMILES string of the molecule is COC(=O)c1cc(-c2ccc(F)cc2)ccc1O. The molecule has 2 rings (SSSR count). The first kappa shape index (κ1) is 12.1. The summed E-state index contributed by atoms with van der Waals surface area (Å²) in [6.45, 7) is 0.